The third kappa shape index (κ3) is 4.77. The van der Waals surface area contributed by atoms with Crippen molar-refractivity contribution in [3.8, 4) is 5.75 Å². The summed E-state index contributed by atoms with van der Waals surface area (Å²) in [4.78, 5) is 9.72. The van der Waals surface area contributed by atoms with E-state index in [0.717, 1.165) is 17.3 Å². The first kappa shape index (κ1) is 15.4. The van der Waals surface area contributed by atoms with Crippen LogP contribution in [0.4, 0.5) is 0 Å². The number of halogens is 2. The van der Waals surface area contributed by atoms with Gasteiger partial charge in [0, 0.05) is 21.7 Å². The zero-order valence-corrected chi connectivity index (χ0v) is 12.3. The predicted octanol–water partition coefficient (Wildman–Crippen LogP) is 4.82. The molecule has 108 valence electrons. The molecule has 0 bridgehead atoms. The van der Waals surface area contributed by atoms with Crippen molar-refractivity contribution in [1.82, 2.24) is 0 Å². The maximum Gasteiger partial charge on any atom is 0.235 e. The first-order valence-electron chi connectivity index (χ1n) is 6.03. The molecule has 0 unspecified atom stereocenters. The van der Waals surface area contributed by atoms with Crippen molar-refractivity contribution in [3.05, 3.63) is 80.0 Å². The molecule has 0 aliphatic carbocycles. The minimum atomic E-state index is -0.507. The molecule has 2 aromatic rings. The van der Waals surface area contributed by atoms with E-state index in [0.29, 0.717) is 22.4 Å². The number of nitro groups is 1. The Labute approximate surface area is 131 Å². The first-order valence-corrected chi connectivity index (χ1v) is 6.79. The third-order valence-corrected chi connectivity index (χ3v) is 3.27. The summed E-state index contributed by atoms with van der Waals surface area (Å²) in [6.07, 6.45) is 2.31. The molecule has 2 rings (SSSR count). The van der Waals surface area contributed by atoms with Gasteiger partial charge in [-0.05, 0) is 29.8 Å². The monoisotopic (exact) mass is 323 g/mol. The fraction of sp³-hybridized carbons (Fsp3) is 0.0667. The Morgan fingerprint density at radius 2 is 1.86 bits per heavy atom. The molecular formula is C15H11Cl2NO3. The van der Waals surface area contributed by atoms with Crippen LogP contribution in [0.2, 0.25) is 10.0 Å². The van der Waals surface area contributed by atoms with Gasteiger partial charge in [-0.15, -0.1) is 0 Å². The molecular weight excluding hydrogens is 313 g/mol. The molecule has 0 fully saturated rings. The highest BCUT2D eigenvalue weighted by Crippen LogP contribution is 2.23. The molecule has 0 N–H and O–H groups in total. The van der Waals surface area contributed by atoms with Crippen LogP contribution in [0.5, 0.6) is 5.75 Å². The lowest BCUT2D eigenvalue weighted by atomic mass is 10.2. The van der Waals surface area contributed by atoms with Crippen molar-refractivity contribution in [2.45, 2.75) is 6.61 Å². The lowest BCUT2D eigenvalue weighted by molar-refractivity contribution is -0.400. The molecule has 0 spiro atoms. The number of hydrogen-bond acceptors (Lipinski definition) is 3. The van der Waals surface area contributed by atoms with E-state index < -0.39 is 4.92 Å². The van der Waals surface area contributed by atoms with Crippen LogP contribution >= 0.6 is 23.2 Å². The zero-order chi connectivity index (χ0) is 15.2. The van der Waals surface area contributed by atoms with Gasteiger partial charge in [0.15, 0.2) is 0 Å². The zero-order valence-electron chi connectivity index (χ0n) is 10.8. The van der Waals surface area contributed by atoms with Crippen molar-refractivity contribution in [1.29, 1.82) is 0 Å². The van der Waals surface area contributed by atoms with Crippen LogP contribution in [-0.4, -0.2) is 4.92 Å². The van der Waals surface area contributed by atoms with Crippen LogP contribution in [0.15, 0.2) is 48.7 Å². The summed E-state index contributed by atoms with van der Waals surface area (Å²) in [5.41, 5.74) is 1.56. The molecule has 4 nitrogen and oxygen atoms in total. The highest BCUT2D eigenvalue weighted by molar-refractivity contribution is 6.35. The second-order valence-electron chi connectivity index (χ2n) is 4.19. The lowest BCUT2D eigenvalue weighted by Gasteiger charge is -2.08. The summed E-state index contributed by atoms with van der Waals surface area (Å²) in [7, 11) is 0. The normalized spacial score (nSPS) is 10.8. The van der Waals surface area contributed by atoms with Crippen molar-refractivity contribution in [2.24, 2.45) is 0 Å². The van der Waals surface area contributed by atoms with Gasteiger partial charge in [0.2, 0.25) is 6.20 Å². The second kappa shape index (κ2) is 7.11. The van der Waals surface area contributed by atoms with Gasteiger partial charge in [-0.3, -0.25) is 10.1 Å². The summed E-state index contributed by atoms with van der Waals surface area (Å²) in [6, 6.07) is 12.2. The summed E-state index contributed by atoms with van der Waals surface area (Å²) in [5.74, 6) is 0.652. The number of rotatable bonds is 5. The third-order valence-electron chi connectivity index (χ3n) is 2.68. The average molecular weight is 324 g/mol. The van der Waals surface area contributed by atoms with E-state index in [2.05, 4.69) is 0 Å². The van der Waals surface area contributed by atoms with Gasteiger partial charge in [0.25, 0.3) is 0 Å². The summed E-state index contributed by atoms with van der Waals surface area (Å²) < 4.78 is 5.61. The fourth-order valence-electron chi connectivity index (χ4n) is 1.62. The Kier molecular flexibility index (Phi) is 5.20. The van der Waals surface area contributed by atoms with Gasteiger partial charge < -0.3 is 4.74 Å². The van der Waals surface area contributed by atoms with Gasteiger partial charge in [-0.2, -0.15) is 0 Å². The summed E-state index contributed by atoms with van der Waals surface area (Å²) in [6.45, 7) is 0.320. The Morgan fingerprint density at radius 3 is 2.48 bits per heavy atom. The summed E-state index contributed by atoms with van der Waals surface area (Å²) in [5, 5.41) is 11.4. The van der Waals surface area contributed by atoms with Gasteiger partial charge in [0.05, 0.1) is 4.92 Å². The standard InChI is InChI=1S/C15H11Cl2NO3/c16-13-4-3-12(15(17)9-13)10-21-14-5-1-11(2-6-14)7-8-18(19)20/h1-9H,10H2/b8-7+. The van der Waals surface area contributed by atoms with E-state index in [1.54, 1.807) is 42.5 Å². The van der Waals surface area contributed by atoms with E-state index in [-0.39, 0.29) is 0 Å². The fourth-order valence-corrected chi connectivity index (χ4v) is 2.08. The van der Waals surface area contributed by atoms with E-state index in [9.17, 15) is 10.1 Å². The molecule has 0 aromatic heterocycles. The van der Waals surface area contributed by atoms with Crippen LogP contribution in [-0.2, 0) is 6.61 Å². The van der Waals surface area contributed by atoms with Crippen molar-refractivity contribution >= 4 is 29.3 Å². The van der Waals surface area contributed by atoms with Gasteiger partial charge in [-0.25, -0.2) is 0 Å². The molecule has 0 heterocycles. The average Bonchev–Trinajstić information content (AvgIpc) is 2.45. The molecule has 0 saturated carbocycles. The topological polar surface area (TPSA) is 52.4 Å². The first-order chi connectivity index (χ1) is 10.0. The Bertz CT molecular complexity index is 669. The molecule has 0 aliphatic rings. The quantitative estimate of drug-likeness (QED) is 0.585. The maximum atomic E-state index is 10.2. The molecule has 0 radical (unpaired) electrons. The largest absolute Gasteiger partial charge is 0.489 e. The molecule has 0 amide bonds. The van der Waals surface area contributed by atoms with E-state index in [1.165, 1.54) is 6.08 Å². The molecule has 0 atom stereocenters. The smallest absolute Gasteiger partial charge is 0.235 e. The predicted molar refractivity (Wildman–Crippen MR) is 83.3 cm³/mol. The Morgan fingerprint density at radius 1 is 1.14 bits per heavy atom. The molecule has 0 saturated heterocycles. The van der Waals surface area contributed by atoms with Gasteiger partial charge in [-0.1, -0.05) is 41.4 Å². The molecule has 2 aromatic carbocycles. The van der Waals surface area contributed by atoms with E-state index in [4.69, 9.17) is 27.9 Å². The van der Waals surface area contributed by atoms with E-state index in [1.807, 2.05) is 0 Å². The van der Waals surface area contributed by atoms with Crippen molar-refractivity contribution < 1.29 is 9.66 Å². The molecule has 21 heavy (non-hydrogen) atoms. The van der Waals surface area contributed by atoms with Crippen LogP contribution in [0.3, 0.4) is 0 Å². The molecule has 6 heteroatoms. The maximum absolute atomic E-state index is 10.2. The van der Waals surface area contributed by atoms with Gasteiger partial charge in [0.1, 0.15) is 12.4 Å². The van der Waals surface area contributed by atoms with Gasteiger partial charge >= 0.3 is 0 Å². The summed E-state index contributed by atoms with van der Waals surface area (Å²) >= 11 is 11.9. The minimum absolute atomic E-state index is 0.320. The number of hydrogen-bond donors (Lipinski definition) is 0. The van der Waals surface area contributed by atoms with Crippen LogP contribution in [0.1, 0.15) is 11.1 Å². The van der Waals surface area contributed by atoms with E-state index >= 15 is 0 Å². The number of ether oxygens (including phenoxy) is 1. The lowest BCUT2D eigenvalue weighted by Crippen LogP contribution is -1.96. The second-order valence-corrected chi connectivity index (χ2v) is 5.04. The highest BCUT2D eigenvalue weighted by atomic mass is 35.5. The van der Waals surface area contributed by atoms with Crippen LogP contribution in [0, 0.1) is 10.1 Å². The molecule has 0 aliphatic heterocycles. The Hall–Kier alpha value is -2.04. The van der Waals surface area contributed by atoms with Crippen LogP contribution < -0.4 is 4.74 Å². The Balaban J connectivity index is 1.99. The number of nitrogens with zero attached hydrogens (tertiary/aromatic N) is 1. The van der Waals surface area contributed by atoms with Crippen molar-refractivity contribution in [3.63, 3.8) is 0 Å². The van der Waals surface area contributed by atoms with Crippen LogP contribution in [0.25, 0.3) is 6.08 Å². The highest BCUT2D eigenvalue weighted by Gasteiger charge is 2.02. The number of benzene rings is 2. The minimum Gasteiger partial charge on any atom is -0.489 e. The SMILES string of the molecule is O=[N+]([O-])/C=C/c1ccc(OCc2ccc(Cl)cc2Cl)cc1. The van der Waals surface area contributed by atoms with Crippen molar-refractivity contribution in [2.75, 3.05) is 0 Å².